The van der Waals surface area contributed by atoms with Gasteiger partial charge in [0.25, 0.3) is 0 Å². The van der Waals surface area contributed by atoms with E-state index in [1.807, 2.05) is 0 Å². The third-order valence-corrected chi connectivity index (χ3v) is 6.84. The monoisotopic (exact) mass is 355 g/mol. The summed E-state index contributed by atoms with van der Waals surface area (Å²) in [5.74, 6) is 1.32. The number of benzene rings is 1. The van der Waals surface area contributed by atoms with E-state index in [0.29, 0.717) is 5.41 Å². The molecule has 4 rings (SSSR count). The van der Waals surface area contributed by atoms with Crippen LogP contribution >= 0.6 is 0 Å². The number of amides is 1. The molecule has 3 aliphatic rings. The van der Waals surface area contributed by atoms with E-state index in [1.54, 1.807) is 0 Å². The van der Waals surface area contributed by atoms with Crippen LogP contribution in [0.5, 0.6) is 0 Å². The molecule has 1 saturated heterocycles. The second-order valence-corrected chi connectivity index (χ2v) is 9.05. The van der Waals surface area contributed by atoms with Crippen molar-refractivity contribution in [3.8, 4) is 0 Å². The fourth-order valence-electron chi connectivity index (χ4n) is 5.23. The molecule has 4 heteroatoms. The number of piperidine rings is 1. The molecule has 142 valence electrons. The van der Waals surface area contributed by atoms with Gasteiger partial charge in [-0.15, -0.1) is 0 Å². The zero-order chi connectivity index (χ0) is 18.1. The van der Waals surface area contributed by atoms with Gasteiger partial charge < -0.3 is 15.1 Å². The minimum Gasteiger partial charge on any atom is -0.372 e. The molecule has 2 aliphatic carbocycles. The van der Waals surface area contributed by atoms with Crippen LogP contribution in [0, 0.1) is 17.3 Å². The van der Waals surface area contributed by atoms with Crippen molar-refractivity contribution in [2.24, 2.45) is 17.3 Å². The predicted molar refractivity (Wildman–Crippen MR) is 108 cm³/mol. The van der Waals surface area contributed by atoms with Gasteiger partial charge in [0.2, 0.25) is 5.91 Å². The van der Waals surface area contributed by atoms with Gasteiger partial charge in [-0.1, -0.05) is 12.8 Å². The van der Waals surface area contributed by atoms with Crippen molar-refractivity contribution in [1.29, 1.82) is 0 Å². The first-order valence-electron chi connectivity index (χ1n) is 10.4. The Morgan fingerprint density at radius 3 is 2.42 bits per heavy atom. The minimum absolute atomic E-state index is 0.240. The minimum atomic E-state index is 0.240. The summed E-state index contributed by atoms with van der Waals surface area (Å²) in [4.78, 5) is 17.3. The number of hydrogen-bond acceptors (Lipinski definition) is 3. The molecule has 3 fully saturated rings. The van der Waals surface area contributed by atoms with Crippen LogP contribution in [0.2, 0.25) is 0 Å². The van der Waals surface area contributed by atoms with Crippen LogP contribution in [0.1, 0.15) is 44.9 Å². The second-order valence-electron chi connectivity index (χ2n) is 9.05. The maximum Gasteiger partial charge on any atom is 0.228 e. The van der Waals surface area contributed by atoms with Crippen molar-refractivity contribution in [2.75, 3.05) is 43.9 Å². The Labute approximate surface area is 157 Å². The first kappa shape index (κ1) is 17.8. The first-order valence-corrected chi connectivity index (χ1v) is 10.4. The van der Waals surface area contributed by atoms with Gasteiger partial charge in [-0.25, -0.2) is 0 Å². The number of carbonyl (C=O) groups is 1. The first-order chi connectivity index (χ1) is 12.6. The van der Waals surface area contributed by atoms with E-state index in [9.17, 15) is 4.79 Å². The summed E-state index contributed by atoms with van der Waals surface area (Å²) in [6, 6.07) is 8.48. The smallest absolute Gasteiger partial charge is 0.228 e. The van der Waals surface area contributed by atoms with Gasteiger partial charge in [0.15, 0.2) is 0 Å². The summed E-state index contributed by atoms with van der Waals surface area (Å²) >= 11 is 0. The van der Waals surface area contributed by atoms with Gasteiger partial charge in [0, 0.05) is 36.9 Å². The summed E-state index contributed by atoms with van der Waals surface area (Å²) in [6.07, 6.45) is 8.77. The molecule has 1 aromatic rings. The van der Waals surface area contributed by atoms with Crippen molar-refractivity contribution in [1.82, 2.24) is 4.90 Å². The Hall–Kier alpha value is -1.55. The fraction of sp³-hybridized carbons (Fsp3) is 0.682. The van der Waals surface area contributed by atoms with Crippen molar-refractivity contribution < 1.29 is 4.79 Å². The molecule has 1 aromatic carbocycles. The highest BCUT2D eigenvalue weighted by Crippen LogP contribution is 2.63. The fourth-order valence-corrected chi connectivity index (χ4v) is 5.23. The number of nitrogens with zero attached hydrogens (tertiary/aromatic N) is 2. The Morgan fingerprint density at radius 2 is 1.81 bits per heavy atom. The third-order valence-electron chi connectivity index (χ3n) is 6.84. The average Bonchev–Trinajstić information content (AvgIpc) is 3.13. The zero-order valence-electron chi connectivity index (χ0n) is 16.3. The third kappa shape index (κ3) is 3.75. The van der Waals surface area contributed by atoms with Crippen molar-refractivity contribution in [3.05, 3.63) is 24.3 Å². The zero-order valence-corrected chi connectivity index (χ0v) is 16.3. The van der Waals surface area contributed by atoms with Gasteiger partial charge in [-0.3, -0.25) is 4.79 Å². The lowest BCUT2D eigenvalue weighted by molar-refractivity contribution is -0.118. The summed E-state index contributed by atoms with van der Waals surface area (Å²) < 4.78 is 0. The van der Waals surface area contributed by atoms with E-state index in [2.05, 4.69) is 53.5 Å². The topological polar surface area (TPSA) is 35.6 Å². The summed E-state index contributed by atoms with van der Waals surface area (Å²) in [6.45, 7) is 3.46. The van der Waals surface area contributed by atoms with Gasteiger partial charge in [0.1, 0.15) is 0 Å². The van der Waals surface area contributed by atoms with E-state index < -0.39 is 0 Å². The second kappa shape index (κ2) is 7.22. The molecule has 4 nitrogen and oxygen atoms in total. The van der Waals surface area contributed by atoms with E-state index >= 15 is 0 Å². The lowest BCUT2D eigenvalue weighted by atomic mass is 9.96. The van der Waals surface area contributed by atoms with Gasteiger partial charge in [-0.2, -0.15) is 0 Å². The molecule has 1 atom stereocenters. The number of nitrogens with one attached hydrogen (secondary N) is 1. The Morgan fingerprint density at radius 1 is 1.15 bits per heavy atom. The maximum absolute atomic E-state index is 12.5. The molecule has 1 amide bonds. The highest BCUT2D eigenvalue weighted by Gasteiger charge is 2.58. The molecular formula is C22H33N3O. The largest absolute Gasteiger partial charge is 0.372 e. The van der Waals surface area contributed by atoms with Crippen LogP contribution in [-0.2, 0) is 4.79 Å². The van der Waals surface area contributed by atoms with E-state index in [0.717, 1.165) is 31.1 Å². The molecule has 0 bridgehead atoms. The number of carbonyl (C=O) groups excluding carboxylic acids is 1. The quantitative estimate of drug-likeness (QED) is 0.868. The Kier molecular flexibility index (Phi) is 4.96. The molecule has 0 unspecified atom stereocenters. The average molecular weight is 356 g/mol. The number of rotatable bonds is 5. The van der Waals surface area contributed by atoms with Gasteiger partial charge >= 0.3 is 0 Å². The molecule has 2 saturated carbocycles. The van der Waals surface area contributed by atoms with Crippen LogP contribution in [0.15, 0.2) is 24.3 Å². The molecule has 1 aliphatic heterocycles. The number of anilines is 2. The molecule has 1 N–H and O–H groups in total. The molecule has 1 heterocycles. The van der Waals surface area contributed by atoms with Crippen molar-refractivity contribution in [2.45, 2.75) is 44.9 Å². The standard InChI is InChI=1S/C22H33N3O/c1-24(2)16-17-9-13-25(14-10-17)19-7-5-18(6-8-19)23-21(26)20-15-22(20)11-3-4-12-22/h5-8,17,20H,3-4,9-16H2,1-2H3,(H,23,26)/t20-/m1/s1. The van der Waals surface area contributed by atoms with E-state index in [1.165, 1.54) is 50.8 Å². The lowest BCUT2D eigenvalue weighted by Gasteiger charge is -2.34. The predicted octanol–water partition coefficient (Wildman–Crippen LogP) is 3.98. The van der Waals surface area contributed by atoms with Crippen LogP contribution in [-0.4, -0.2) is 44.5 Å². The molecule has 1 spiro atoms. The molecular weight excluding hydrogens is 322 g/mol. The maximum atomic E-state index is 12.5. The van der Waals surface area contributed by atoms with Crippen LogP contribution in [0.3, 0.4) is 0 Å². The number of hydrogen-bond donors (Lipinski definition) is 1. The molecule has 0 aromatic heterocycles. The summed E-state index contributed by atoms with van der Waals surface area (Å²) in [5.41, 5.74) is 2.60. The highest BCUT2D eigenvalue weighted by molar-refractivity contribution is 5.95. The molecule has 0 radical (unpaired) electrons. The van der Waals surface area contributed by atoms with Crippen LogP contribution in [0.4, 0.5) is 11.4 Å². The van der Waals surface area contributed by atoms with Crippen LogP contribution < -0.4 is 10.2 Å². The highest BCUT2D eigenvalue weighted by atomic mass is 16.2. The van der Waals surface area contributed by atoms with Gasteiger partial charge in [-0.05, 0) is 81.8 Å². The van der Waals surface area contributed by atoms with E-state index in [-0.39, 0.29) is 11.8 Å². The van der Waals surface area contributed by atoms with Gasteiger partial charge in [0.05, 0.1) is 0 Å². The Balaban J connectivity index is 1.28. The van der Waals surface area contributed by atoms with Crippen molar-refractivity contribution in [3.63, 3.8) is 0 Å². The van der Waals surface area contributed by atoms with Crippen molar-refractivity contribution >= 4 is 17.3 Å². The van der Waals surface area contributed by atoms with E-state index in [4.69, 9.17) is 0 Å². The molecule has 26 heavy (non-hydrogen) atoms. The lowest BCUT2D eigenvalue weighted by Crippen LogP contribution is -2.37. The summed E-state index contributed by atoms with van der Waals surface area (Å²) in [5, 5.41) is 3.15. The SMILES string of the molecule is CN(C)CC1CCN(c2ccc(NC(=O)[C@H]3CC34CCCC4)cc2)CC1. The Bertz CT molecular complexity index is 625. The summed E-state index contributed by atoms with van der Waals surface area (Å²) in [7, 11) is 4.32. The van der Waals surface area contributed by atoms with Crippen LogP contribution in [0.25, 0.3) is 0 Å². The normalized spacial score (nSPS) is 25.0.